The molecule has 5 heteroatoms. The van der Waals surface area contributed by atoms with Crippen molar-refractivity contribution in [3.05, 3.63) is 0 Å². The summed E-state index contributed by atoms with van der Waals surface area (Å²) in [6, 6.07) is 0. The van der Waals surface area contributed by atoms with E-state index in [1.165, 1.54) is 0 Å². The zero-order chi connectivity index (χ0) is 10.1. The number of carbonyl (C=O) groups is 1. The van der Waals surface area contributed by atoms with Crippen LogP contribution >= 0.6 is 0 Å². The number of carbonyl (C=O) groups excluding carboxylic acids is 1. The molecule has 5 nitrogen and oxygen atoms in total. The van der Waals surface area contributed by atoms with E-state index in [1.807, 2.05) is 13.8 Å². The van der Waals surface area contributed by atoms with E-state index >= 15 is 0 Å². The molecule has 1 aliphatic carbocycles. The maximum Gasteiger partial charge on any atom is 0.187 e. The van der Waals surface area contributed by atoms with Crippen molar-refractivity contribution >= 4 is 17.2 Å². The molecule has 0 spiro atoms. The molecular formula is C8H12N2O3. The lowest BCUT2D eigenvalue weighted by Crippen LogP contribution is -2.38. The van der Waals surface area contributed by atoms with Crippen LogP contribution in [0.4, 0.5) is 0 Å². The van der Waals surface area contributed by atoms with Gasteiger partial charge in [0, 0.05) is 12.8 Å². The Balaban J connectivity index is 3.02. The van der Waals surface area contributed by atoms with Gasteiger partial charge in [-0.2, -0.15) is 0 Å². The summed E-state index contributed by atoms with van der Waals surface area (Å²) in [6.07, 6.45) is 0.750. The molecule has 2 N–H and O–H groups in total. The molecule has 0 atom stereocenters. The van der Waals surface area contributed by atoms with E-state index in [-0.39, 0.29) is 22.6 Å². The number of nitrogens with zero attached hydrogens (tertiary/aromatic N) is 2. The summed E-state index contributed by atoms with van der Waals surface area (Å²) in [6.45, 7) is 3.79. The van der Waals surface area contributed by atoms with Crippen LogP contribution in [-0.2, 0) is 4.79 Å². The van der Waals surface area contributed by atoms with Gasteiger partial charge < -0.3 is 10.4 Å². The molecule has 0 saturated heterocycles. The normalized spacial score (nSPS) is 28.3. The van der Waals surface area contributed by atoms with Crippen molar-refractivity contribution in [1.82, 2.24) is 0 Å². The van der Waals surface area contributed by atoms with Gasteiger partial charge in [-0.1, -0.05) is 24.2 Å². The minimum Gasteiger partial charge on any atom is -0.411 e. The molecule has 0 radical (unpaired) electrons. The van der Waals surface area contributed by atoms with Crippen molar-refractivity contribution in [1.29, 1.82) is 0 Å². The number of hydrogen-bond donors (Lipinski definition) is 2. The number of rotatable bonds is 0. The molecule has 0 unspecified atom stereocenters. The average molecular weight is 184 g/mol. The fourth-order valence-electron chi connectivity index (χ4n) is 1.48. The maximum atomic E-state index is 11.3. The largest absolute Gasteiger partial charge is 0.411 e. The van der Waals surface area contributed by atoms with Gasteiger partial charge in [0.25, 0.3) is 0 Å². The highest BCUT2D eigenvalue weighted by atomic mass is 16.4. The van der Waals surface area contributed by atoms with Crippen molar-refractivity contribution in [2.24, 2.45) is 15.7 Å². The van der Waals surface area contributed by atoms with Crippen molar-refractivity contribution in [2.75, 3.05) is 0 Å². The van der Waals surface area contributed by atoms with Crippen LogP contribution in [0.5, 0.6) is 0 Å². The Kier molecular flexibility index (Phi) is 2.36. The summed E-state index contributed by atoms with van der Waals surface area (Å²) >= 11 is 0. The van der Waals surface area contributed by atoms with Crippen LogP contribution in [0.2, 0.25) is 0 Å². The number of Topliss-reactive ketones (excluding diaryl/α,β-unsaturated/α-hetero) is 1. The SMILES string of the molecule is CC1(C)CC(=O)C(=NO)C(=NO)C1. The zero-order valence-corrected chi connectivity index (χ0v) is 7.61. The molecule has 0 aromatic heterocycles. The first-order valence-corrected chi connectivity index (χ1v) is 3.97. The van der Waals surface area contributed by atoms with Gasteiger partial charge in [-0.25, -0.2) is 0 Å². The minimum absolute atomic E-state index is 0.123. The van der Waals surface area contributed by atoms with Crippen LogP contribution < -0.4 is 0 Å². The van der Waals surface area contributed by atoms with Gasteiger partial charge in [0.2, 0.25) is 0 Å². The number of ketones is 1. The second kappa shape index (κ2) is 3.16. The average Bonchev–Trinajstić information content (AvgIpc) is 2.01. The van der Waals surface area contributed by atoms with Crippen LogP contribution in [0, 0.1) is 5.41 Å². The lowest BCUT2D eigenvalue weighted by Gasteiger charge is -2.28. The molecule has 1 aliphatic rings. The maximum absolute atomic E-state index is 11.3. The van der Waals surface area contributed by atoms with Crippen LogP contribution in [-0.4, -0.2) is 27.6 Å². The fraction of sp³-hybridized carbons (Fsp3) is 0.625. The molecule has 0 amide bonds. The van der Waals surface area contributed by atoms with Crippen LogP contribution in [0.15, 0.2) is 10.3 Å². The predicted octanol–water partition coefficient (Wildman–Crippen LogP) is 1.04. The Hall–Kier alpha value is -1.39. The van der Waals surface area contributed by atoms with Gasteiger partial charge in [0.05, 0.1) is 0 Å². The Morgan fingerprint density at radius 1 is 1.23 bits per heavy atom. The highest BCUT2D eigenvalue weighted by Crippen LogP contribution is 2.30. The van der Waals surface area contributed by atoms with E-state index in [0.29, 0.717) is 12.8 Å². The standard InChI is InChI=1S/C8H12N2O3/c1-8(2)3-5(9-12)7(10-13)6(11)4-8/h12-13H,3-4H2,1-2H3. The Labute approximate surface area is 75.7 Å². The molecule has 1 saturated carbocycles. The molecular weight excluding hydrogens is 172 g/mol. The van der Waals surface area contributed by atoms with E-state index in [2.05, 4.69) is 10.3 Å². The van der Waals surface area contributed by atoms with E-state index in [1.54, 1.807) is 0 Å². The van der Waals surface area contributed by atoms with Crippen LogP contribution in [0.25, 0.3) is 0 Å². The monoisotopic (exact) mass is 184 g/mol. The van der Waals surface area contributed by atoms with E-state index in [0.717, 1.165) is 0 Å². The van der Waals surface area contributed by atoms with Gasteiger partial charge in [-0.15, -0.1) is 0 Å². The third-order valence-corrected chi connectivity index (χ3v) is 2.04. The first-order valence-electron chi connectivity index (χ1n) is 3.97. The topological polar surface area (TPSA) is 82.2 Å². The summed E-state index contributed by atoms with van der Waals surface area (Å²) in [5, 5.41) is 22.9. The van der Waals surface area contributed by atoms with Crippen molar-refractivity contribution in [2.45, 2.75) is 26.7 Å². The third-order valence-electron chi connectivity index (χ3n) is 2.04. The molecule has 13 heavy (non-hydrogen) atoms. The Morgan fingerprint density at radius 2 is 1.85 bits per heavy atom. The van der Waals surface area contributed by atoms with E-state index in [4.69, 9.17) is 10.4 Å². The number of hydrogen-bond acceptors (Lipinski definition) is 5. The molecule has 1 fully saturated rings. The van der Waals surface area contributed by atoms with Gasteiger partial charge in [-0.05, 0) is 5.41 Å². The molecule has 1 rings (SSSR count). The van der Waals surface area contributed by atoms with E-state index in [9.17, 15) is 4.79 Å². The lowest BCUT2D eigenvalue weighted by molar-refractivity contribution is -0.114. The summed E-state index contributed by atoms with van der Waals surface area (Å²) in [5.74, 6) is -0.286. The van der Waals surface area contributed by atoms with Crippen molar-refractivity contribution in [3.63, 3.8) is 0 Å². The van der Waals surface area contributed by atoms with Crippen LogP contribution in [0.3, 0.4) is 0 Å². The second-order valence-corrected chi connectivity index (χ2v) is 3.94. The van der Waals surface area contributed by atoms with E-state index < -0.39 is 0 Å². The smallest absolute Gasteiger partial charge is 0.187 e. The molecule has 0 bridgehead atoms. The molecule has 0 aliphatic heterocycles. The van der Waals surface area contributed by atoms with Crippen molar-refractivity contribution in [3.8, 4) is 0 Å². The third kappa shape index (κ3) is 1.85. The number of oxime groups is 2. The second-order valence-electron chi connectivity index (χ2n) is 3.94. The zero-order valence-electron chi connectivity index (χ0n) is 7.61. The minimum atomic E-state index is -0.286. The highest BCUT2D eigenvalue weighted by Gasteiger charge is 2.36. The molecule has 0 aromatic rings. The first kappa shape index (κ1) is 9.70. The van der Waals surface area contributed by atoms with Gasteiger partial charge in [0.1, 0.15) is 5.71 Å². The summed E-state index contributed by atoms with van der Waals surface area (Å²) < 4.78 is 0. The summed E-state index contributed by atoms with van der Waals surface area (Å²) in [7, 11) is 0. The fourth-order valence-corrected chi connectivity index (χ4v) is 1.48. The molecule has 72 valence electrons. The Morgan fingerprint density at radius 3 is 2.31 bits per heavy atom. The first-order chi connectivity index (χ1) is 6.00. The molecule has 0 heterocycles. The highest BCUT2D eigenvalue weighted by molar-refractivity contribution is 6.68. The molecule has 0 aromatic carbocycles. The lowest BCUT2D eigenvalue weighted by atomic mass is 9.75. The summed E-state index contributed by atoms with van der Waals surface area (Å²) in [5.41, 5.74) is -0.196. The quantitative estimate of drug-likeness (QED) is 0.435. The van der Waals surface area contributed by atoms with Gasteiger partial charge in [-0.3, -0.25) is 4.79 Å². The van der Waals surface area contributed by atoms with Gasteiger partial charge >= 0.3 is 0 Å². The van der Waals surface area contributed by atoms with Crippen molar-refractivity contribution < 1.29 is 15.2 Å². The van der Waals surface area contributed by atoms with Crippen LogP contribution in [0.1, 0.15) is 26.7 Å². The van der Waals surface area contributed by atoms with Gasteiger partial charge in [0.15, 0.2) is 11.5 Å². The Bertz CT molecular complexity index is 292. The summed E-state index contributed by atoms with van der Waals surface area (Å²) in [4.78, 5) is 11.3. The predicted molar refractivity (Wildman–Crippen MR) is 46.5 cm³/mol.